The number of carbonyl (C=O) groups excluding carboxylic acids is 1. The van der Waals surface area contributed by atoms with Gasteiger partial charge in [0.25, 0.3) is 0 Å². The summed E-state index contributed by atoms with van der Waals surface area (Å²) in [5.74, 6) is 0.293. The van der Waals surface area contributed by atoms with Gasteiger partial charge in [-0.3, -0.25) is 0 Å². The molecule has 0 aromatic heterocycles. The number of benzene rings is 1. The highest BCUT2D eigenvalue weighted by Crippen LogP contribution is 2.14. The van der Waals surface area contributed by atoms with Crippen LogP contribution in [-0.4, -0.2) is 11.4 Å². The quantitative estimate of drug-likeness (QED) is 0.409. The molecule has 0 saturated heterocycles. The fraction of sp³-hybridized carbons (Fsp3) is 0.471. The lowest BCUT2D eigenvalue weighted by atomic mass is 9.99. The molecule has 104 valence electrons. The molecular formula is C17H24O2. The SMILES string of the molecule is CCCCCC=CC(C=O)CCc1ccc(O)cc1. The van der Waals surface area contributed by atoms with E-state index < -0.39 is 0 Å². The second kappa shape index (κ2) is 9.37. The number of aryl methyl sites for hydroxylation is 1. The number of carbonyl (C=O) groups is 1. The van der Waals surface area contributed by atoms with Crippen LogP contribution in [0.4, 0.5) is 0 Å². The molecule has 2 nitrogen and oxygen atoms in total. The van der Waals surface area contributed by atoms with E-state index in [1.165, 1.54) is 19.3 Å². The summed E-state index contributed by atoms with van der Waals surface area (Å²) < 4.78 is 0. The van der Waals surface area contributed by atoms with Crippen LogP contribution in [0, 0.1) is 5.92 Å². The van der Waals surface area contributed by atoms with Crippen LogP contribution in [0.2, 0.25) is 0 Å². The van der Waals surface area contributed by atoms with Crippen molar-refractivity contribution in [3.63, 3.8) is 0 Å². The van der Waals surface area contributed by atoms with Crippen molar-refractivity contribution in [3.05, 3.63) is 42.0 Å². The third-order valence-corrected chi connectivity index (χ3v) is 3.24. The molecule has 0 aliphatic carbocycles. The first-order chi connectivity index (χ1) is 9.26. The molecule has 0 amide bonds. The summed E-state index contributed by atoms with van der Waals surface area (Å²) in [5.41, 5.74) is 1.16. The number of allylic oxidation sites excluding steroid dienone is 2. The zero-order valence-electron chi connectivity index (χ0n) is 11.7. The fourth-order valence-electron chi connectivity index (χ4n) is 1.99. The minimum atomic E-state index is 0.00966. The summed E-state index contributed by atoms with van der Waals surface area (Å²) in [6.07, 6.45) is 11.6. The van der Waals surface area contributed by atoms with Crippen LogP contribution in [0.15, 0.2) is 36.4 Å². The van der Waals surface area contributed by atoms with E-state index in [9.17, 15) is 9.90 Å². The number of unbranched alkanes of at least 4 members (excludes halogenated alkanes) is 3. The molecule has 0 aliphatic rings. The zero-order valence-corrected chi connectivity index (χ0v) is 11.7. The van der Waals surface area contributed by atoms with Gasteiger partial charge in [0, 0.05) is 5.92 Å². The van der Waals surface area contributed by atoms with E-state index in [4.69, 9.17) is 0 Å². The number of aromatic hydroxyl groups is 1. The predicted octanol–water partition coefficient (Wildman–Crippen LogP) is 4.28. The molecule has 0 bridgehead atoms. The number of aldehydes is 1. The van der Waals surface area contributed by atoms with E-state index >= 15 is 0 Å². The van der Waals surface area contributed by atoms with Gasteiger partial charge >= 0.3 is 0 Å². The third-order valence-electron chi connectivity index (χ3n) is 3.24. The molecule has 0 aliphatic heterocycles. The van der Waals surface area contributed by atoms with Gasteiger partial charge in [-0.15, -0.1) is 0 Å². The molecule has 1 N–H and O–H groups in total. The van der Waals surface area contributed by atoms with Crippen LogP contribution >= 0.6 is 0 Å². The highest BCUT2D eigenvalue weighted by atomic mass is 16.3. The molecule has 0 spiro atoms. The van der Waals surface area contributed by atoms with Crippen molar-refractivity contribution in [2.24, 2.45) is 5.92 Å². The van der Waals surface area contributed by atoms with Gasteiger partial charge in [0.05, 0.1) is 0 Å². The lowest BCUT2D eigenvalue weighted by Crippen LogP contribution is -2.00. The van der Waals surface area contributed by atoms with Gasteiger partial charge in [-0.05, 0) is 43.4 Å². The Hall–Kier alpha value is -1.57. The number of phenolic OH excluding ortho intramolecular Hbond substituents is 1. The molecule has 1 atom stereocenters. The second-order valence-electron chi connectivity index (χ2n) is 4.93. The van der Waals surface area contributed by atoms with Gasteiger partial charge in [-0.1, -0.05) is 44.1 Å². The molecular weight excluding hydrogens is 236 g/mol. The number of hydrogen-bond donors (Lipinski definition) is 1. The Bertz CT molecular complexity index is 379. The summed E-state index contributed by atoms with van der Waals surface area (Å²) in [7, 11) is 0. The van der Waals surface area contributed by atoms with Gasteiger partial charge in [0.1, 0.15) is 12.0 Å². The second-order valence-corrected chi connectivity index (χ2v) is 4.93. The number of hydrogen-bond acceptors (Lipinski definition) is 2. The Kier molecular flexibility index (Phi) is 7.64. The maximum Gasteiger partial charge on any atom is 0.126 e. The van der Waals surface area contributed by atoms with Gasteiger partial charge in [-0.2, -0.15) is 0 Å². The maximum atomic E-state index is 11.0. The highest BCUT2D eigenvalue weighted by molar-refractivity contribution is 5.56. The van der Waals surface area contributed by atoms with Crippen molar-refractivity contribution >= 4 is 6.29 Å². The van der Waals surface area contributed by atoms with E-state index in [0.717, 1.165) is 31.1 Å². The van der Waals surface area contributed by atoms with Crippen LogP contribution in [0.1, 0.15) is 44.6 Å². The molecule has 1 aromatic rings. The molecule has 19 heavy (non-hydrogen) atoms. The average molecular weight is 260 g/mol. The summed E-state index contributed by atoms with van der Waals surface area (Å²) in [6.45, 7) is 2.19. The topological polar surface area (TPSA) is 37.3 Å². The summed E-state index contributed by atoms with van der Waals surface area (Å²) in [4.78, 5) is 11.0. The van der Waals surface area contributed by atoms with Crippen LogP contribution in [0.25, 0.3) is 0 Å². The molecule has 1 unspecified atom stereocenters. The standard InChI is InChI=1S/C17H24O2/c1-2-3-4-5-6-7-16(14-18)9-8-15-10-12-17(19)13-11-15/h6-7,10-14,16,19H,2-5,8-9H2,1H3. The van der Waals surface area contributed by atoms with E-state index in [0.29, 0.717) is 0 Å². The average Bonchev–Trinajstić information content (AvgIpc) is 2.44. The molecule has 2 heteroatoms. The highest BCUT2D eigenvalue weighted by Gasteiger charge is 2.03. The van der Waals surface area contributed by atoms with E-state index in [-0.39, 0.29) is 11.7 Å². The Morgan fingerprint density at radius 2 is 1.95 bits per heavy atom. The van der Waals surface area contributed by atoms with Crippen molar-refractivity contribution in [2.75, 3.05) is 0 Å². The van der Waals surface area contributed by atoms with E-state index in [1.54, 1.807) is 12.1 Å². The first-order valence-electron chi connectivity index (χ1n) is 7.16. The van der Waals surface area contributed by atoms with Crippen molar-refractivity contribution in [1.82, 2.24) is 0 Å². The van der Waals surface area contributed by atoms with Crippen molar-refractivity contribution in [3.8, 4) is 5.75 Å². The minimum absolute atomic E-state index is 0.00966. The Morgan fingerprint density at radius 3 is 2.58 bits per heavy atom. The van der Waals surface area contributed by atoms with E-state index in [1.807, 2.05) is 18.2 Å². The smallest absolute Gasteiger partial charge is 0.126 e. The minimum Gasteiger partial charge on any atom is -0.508 e. The Balaban J connectivity index is 2.31. The summed E-state index contributed by atoms with van der Waals surface area (Å²) >= 11 is 0. The van der Waals surface area contributed by atoms with Crippen molar-refractivity contribution in [2.45, 2.75) is 45.4 Å². The fourth-order valence-corrected chi connectivity index (χ4v) is 1.99. The maximum absolute atomic E-state index is 11.0. The molecule has 1 aromatic carbocycles. The normalized spacial score (nSPS) is 12.7. The largest absolute Gasteiger partial charge is 0.508 e. The molecule has 0 saturated carbocycles. The molecule has 0 fully saturated rings. The van der Waals surface area contributed by atoms with Gasteiger partial charge in [-0.25, -0.2) is 0 Å². The first kappa shape index (κ1) is 15.5. The van der Waals surface area contributed by atoms with Gasteiger partial charge in [0.15, 0.2) is 0 Å². The monoisotopic (exact) mass is 260 g/mol. The Labute approximate surface area is 116 Å². The molecule has 0 heterocycles. The van der Waals surface area contributed by atoms with Crippen LogP contribution in [-0.2, 0) is 11.2 Å². The first-order valence-corrected chi connectivity index (χ1v) is 7.16. The van der Waals surface area contributed by atoms with Crippen molar-refractivity contribution in [1.29, 1.82) is 0 Å². The third kappa shape index (κ3) is 6.80. The number of phenols is 1. The van der Waals surface area contributed by atoms with Crippen LogP contribution < -0.4 is 0 Å². The lowest BCUT2D eigenvalue weighted by molar-refractivity contribution is -0.110. The number of rotatable bonds is 9. The molecule has 1 rings (SSSR count). The van der Waals surface area contributed by atoms with Crippen molar-refractivity contribution < 1.29 is 9.90 Å². The Morgan fingerprint density at radius 1 is 1.21 bits per heavy atom. The molecule has 0 radical (unpaired) electrons. The predicted molar refractivity (Wildman–Crippen MR) is 79.3 cm³/mol. The van der Waals surface area contributed by atoms with Gasteiger partial charge in [0.2, 0.25) is 0 Å². The summed E-state index contributed by atoms with van der Waals surface area (Å²) in [5, 5.41) is 9.20. The van der Waals surface area contributed by atoms with Gasteiger partial charge < -0.3 is 9.90 Å². The lowest BCUT2D eigenvalue weighted by Gasteiger charge is -2.05. The van der Waals surface area contributed by atoms with Crippen LogP contribution in [0.3, 0.4) is 0 Å². The van der Waals surface area contributed by atoms with Crippen LogP contribution in [0.5, 0.6) is 5.75 Å². The zero-order chi connectivity index (χ0) is 13.9. The van der Waals surface area contributed by atoms with E-state index in [2.05, 4.69) is 13.0 Å². The summed E-state index contributed by atoms with van der Waals surface area (Å²) in [6, 6.07) is 7.18.